The third-order valence-corrected chi connectivity index (χ3v) is 2.39. The topological polar surface area (TPSA) is 26.3 Å². The summed E-state index contributed by atoms with van der Waals surface area (Å²) in [6.45, 7) is 0. The smallest absolute Gasteiger partial charge is 0.166 e. The van der Waals surface area contributed by atoms with Crippen molar-refractivity contribution in [2.75, 3.05) is 0 Å². The lowest BCUT2D eigenvalue weighted by atomic mass is 10.2. The normalized spacial score (nSPS) is 10.0. The van der Waals surface area contributed by atoms with Crippen molar-refractivity contribution < 1.29 is 13.9 Å². The van der Waals surface area contributed by atoms with Crippen LogP contribution in [0.5, 0.6) is 11.5 Å². The second kappa shape index (κ2) is 4.97. The summed E-state index contributed by atoms with van der Waals surface area (Å²) in [5.74, 6) is -0.0328. The van der Waals surface area contributed by atoms with Gasteiger partial charge in [-0.15, -0.1) is 0 Å². The van der Waals surface area contributed by atoms with E-state index >= 15 is 0 Å². The van der Waals surface area contributed by atoms with Crippen molar-refractivity contribution >= 4 is 17.9 Å². The van der Waals surface area contributed by atoms with Crippen molar-refractivity contribution in [1.29, 1.82) is 0 Å². The average Bonchev–Trinajstić information content (AvgIpc) is 2.34. The molecule has 0 aliphatic heterocycles. The van der Waals surface area contributed by atoms with Crippen LogP contribution in [0.4, 0.5) is 4.39 Å². The van der Waals surface area contributed by atoms with Crippen LogP contribution in [0.25, 0.3) is 0 Å². The molecule has 0 aromatic heterocycles. The molecule has 0 saturated carbocycles. The van der Waals surface area contributed by atoms with Crippen molar-refractivity contribution in [1.82, 2.24) is 0 Å². The van der Waals surface area contributed by atoms with Gasteiger partial charge < -0.3 is 4.74 Å². The summed E-state index contributed by atoms with van der Waals surface area (Å²) in [5.41, 5.74) is 0.269. The molecule has 0 heterocycles. The van der Waals surface area contributed by atoms with Crippen LogP contribution in [0.1, 0.15) is 10.4 Å². The summed E-state index contributed by atoms with van der Waals surface area (Å²) in [6, 6.07) is 10.6. The minimum atomic E-state index is -0.579. The number of halogens is 2. The molecule has 0 bridgehead atoms. The Hall–Kier alpha value is -1.87. The third kappa shape index (κ3) is 2.82. The maximum Gasteiger partial charge on any atom is 0.166 e. The summed E-state index contributed by atoms with van der Waals surface area (Å²) >= 11 is 5.72. The largest absolute Gasteiger partial charge is 0.454 e. The van der Waals surface area contributed by atoms with E-state index in [2.05, 4.69) is 0 Å². The van der Waals surface area contributed by atoms with Crippen LogP contribution >= 0.6 is 11.6 Å². The lowest BCUT2D eigenvalue weighted by Crippen LogP contribution is -1.90. The first-order valence-electron chi connectivity index (χ1n) is 4.87. The predicted octanol–water partition coefficient (Wildman–Crippen LogP) is 4.08. The number of carbonyl (C=O) groups is 1. The van der Waals surface area contributed by atoms with Crippen molar-refractivity contribution in [2.24, 2.45) is 0 Å². The second-order valence-corrected chi connectivity index (χ2v) is 3.80. The van der Waals surface area contributed by atoms with Gasteiger partial charge in [0.15, 0.2) is 11.6 Å². The van der Waals surface area contributed by atoms with Gasteiger partial charge in [0.1, 0.15) is 12.0 Å². The van der Waals surface area contributed by atoms with E-state index in [0.717, 1.165) is 6.07 Å². The maximum atomic E-state index is 13.5. The minimum Gasteiger partial charge on any atom is -0.454 e. The van der Waals surface area contributed by atoms with Crippen molar-refractivity contribution in [3.8, 4) is 11.5 Å². The summed E-state index contributed by atoms with van der Waals surface area (Å²) in [6.07, 6.45) is 0.579. The first kappa shape index (κ1) is 11.6. The fourth-order valence-corrected chi connectivity index (χ4v) is 1.43. The minimum absolute atomic E-state index is 0.0675. The Morgan fingerprint density at radius 2 is 1.82 bits per heavy atom. The molecule has 0 aliphatic rings. The van der Waals surface area contributed by atoms with E-state index in [1.54, 1.807) is 24.3 Å². The van der Waals surface area contributed by atoms with Gasteiger partial charge in [-0.1, -0.05) is 11.6 Å². The van der Waals surface area contributed by atoms with Crippen LogP contribution in [0.3, 0.4) is 0 Å². The first-order valence-corrected chi connectivity index (χ1v) is 5.25. The number of rotatable bonds is 3. The number of ether oxygens (including phenoxy) is 1. The molecule has 2 rings (SSSR count). The van der Waals surface area contributed by atoms with E-state index in [-0.39, 0.29) is 11.3 Å². The highest BCUT2D eigenvalue weighted by molar-refractivity contribution is 6.30. The predicted molar refractivity (Wildman–Crippen MR) is 63.3 cm³/mol. The molecule has 0 unspecified atom stereocenters. The highest BCUT2D eigenvalue weighted by Gasteiger charge is 2.05. The molecule has 0 radical (unpaired) electrons. The van der Waals surface area contributed by atoms with Crippen LogP contribution in [-0.4, -0.2) is 6.29 Å². The Balaban J connectivity index is 2.24. The number of benzene rings is 2. The molecule has 4 heteroatoms. The van der Waals surface area contributed by atoms with Crippen molar-refractivity contribution in [2.45, 2.75) is 0 Å². The summed E-state index contributed by atoms with van der Waals surface area (Å²) in [5, 5.41) is 0.578. The van der Waals surface area contributed by atoms with Gasteiger partial charge in [0.25, 0.3) is 0 Å². The Morgan fingerprint density at radius 1 is 1.12 bits per heavy atom. The molecule has 0 fully saturated rings. The molecule has 0 N–H and O–H groups in total. The maximum absolute atomic E-state index is 13.5. The standard InChI is InChI=1S/C13H8ClFO2/c14-10-2-4-11(5-3-10)17-13-6-1-9(8-16)7-12(13)15/h1-8H. The van der Waals surface area contributed by atoms with E-state index in [9.17, 15) is 9.18 Å². The molecule has 0 aliphatic carbocycles. The molecule has 0 saturated heterocycles. The number of aldehydes is 1. The van der Waals surface area contributed by atoms with Gasteiger partial charge in [-0.05, 0) is 42.5 Å². The molecule has 0 atom stereocenters. The quantitative estimate of drug-likeness (QED) is 0.767. The molecule has 86 valence electrons. The van der Waals surface area contributed by atoms with E-state index in [4.69, 9.17) is 16.3 Å². The van der Waals surface area contributed by atoms with E-state index < -0.39 is 5.82 Å². The average molecular weight is 251 g/mol. The lowest BCUT2D eigenvalue weighted by Gasteiger charge is -2.06. The monoisotopic (exact) mass is 250 g/mol. The summed E-state index contributed by atoms with van der Waals surface area (Å²) < 4.78 is 18.8. The van der Waals surface area contributed by atoms with E-state index in [1.165, 1.54) is 12.1 Å². The van der Waals surface area contributed by atoms with Crippen LogP contribution in [-0.2, 0) is 0 Å². The van der Waals surface area contributed by atoms with Gasteiger partial charge in [0.05, 0.1) is 0 Å². The van der Waals surface area contributed by atoms with Gasteiger partial charge in [-0.3, -0.25) is 4.79 Å². The van der Waals surface area contributed by atoms with Gasteiger partial charge in [-0.2, -0.15) is 0 Å². The van der Waals surface area contributed by atoms with Crippen LogP contribution in [0.15, 0.2) is 42.5 Å². The molecule has 2 aromatic carbocycles. The zero-order valence-electron chi connectivity index (χ0n) is 8.69. The summed E-state index contributed by atoms with van der Waals surface area (Å²) in [7, 11) is 0. The Kier molecular flexibility index (Phi) is 3.40. The van der Waals surface area contributed by atoms with Crippen molar-refractivity contribution in [3.63, 3.8) is 0 Å². The second-order valence-electron chi connectivity index (χ2n) is 3.36. The summed E-state index contributed by atoms with van der Waals surface area (Å²) in [4.78, 5) is 10.4. The third-order valence-electron chi connectivity index (χ3n) is 2.13. The van der Waals surface area contributed by atoms with E-state index in [0.29, 0.717) is 17.1 Å². The molecular weight excluding hydrogens is 243 g/mol. The van der Waals surface area contributed by atoms with Gasteiger partial charge >= 0.3 is 0 Å². The molecule has 2 nitrogen and oxygen atoms in total. The highest BCUT2D eigenvalue weighted by Crippen LogP contribution is 2.25. The van der Waals surface area contributed by atoms with Gasteiger partial charge in [0, 0.05) is 10.6 Å². The fourth-order valence-electron chi connectivity index (χ4n) is 1.30. The van der Waals surface area contributed by atoms with Gasteiger partial charge in [-0.25, -0.2) is 4.39 Å². The Bertz CT molecular complexity index is 538. The van der Waals surface area contributed by atoms with Gasteiger partial charge in [0.2, 0.25) is 0 Å². The van der Waals surface area contributed by atoms with Crippen LogP contribution in [0, 0.1) is 5.82 Å². The number of carbonyl (C=O) groups excluding carboxylic acids is 1. The molecule has 17 heavy (non-hydrogen) atoms. The zero-order chi connectivity index (χ0) is 12.3. The number of hydrogen-bond acceptors (Lipinski definition) is 2. The highest BCUT2D eigenvalue weighted by atomic mass is 35.5. The molecular formula is C13H8ClFO2. The molecule has 2 aromatic rings. The van der Waals surface area contributed by atoms with Crippen molar-refractivity contribution in [3.05, 3.63) is 58.9 Å². The Labute approximate surface area is 103 Å². The number of hydrogen-bond donors (Lipinski definition) is 0. The first-order chi connectivity index (χ1) is 8.19. The molecule has 0 amide bonds. The van der Waals surface area contributed by atoms with Crippen LogP contribution < -0.4 is 4.74 Å². The zero-order valence-corrected chi connectivity index (χ0v) is 9.45. The van der Waals surface area contributed by atoms with Crippen LogP contribution in [0.2, 0.25) is 5.02 Å². The van der Waals surface area contributed by atoms with E-state index in [1.807, 2.05) is 0 Å². The molecule has 0 spiro atoms. The fraction of sp³-hybridized carbons (Fsp3) is 0. The SMILES string of the molecule is O=Cc1ccc(Oc2ccc(Cl)cc2)c(F)c1. The lowest BCUT2D eigenvalue weighted by molar-refractivity contribution is 0.112. The Morgan fingerprint density at radius 3 is 2.41 bits per heavy atom.